The summed E-state index contributed by atoms with van der Waals surface area (Å²) in [6.45, 7) is 21.0. The number of Topliss-reactive ketones (excluding diaryl/α,β-unsaturated/α-hetero) is 1. The maximum atomic E-state index is 13.8. The summed E-state index contributed by atoms with van der Waals surface area (Å²) in [7, 11) is 1.37. The van der Waals surface area contributed by atoms with Gasteiger partial charge in [-0.3, -0.25) is 4.79 Å². The van der Waals surface area contributed by atoms with E-state index < -0.39 is 5.67 Å². The smallest absolute Gasteiger partial charge is 0.226 e. The predicted molar refractivity (Wildman–Crippen MR) is 160 cm³/mol. The summed E-state index contributed by atoms with van der Waals surface area (Å²) in [5, 5.41) is 0. The highest BCUT2D eigenvalue weighted by Crippen LogP contribution is 2.28. The van der Waals surface area contributed by atoms with Crippen LogP contribution in [-0.4, -0.2) is 24.5 Å². The normalized spacial score (nSPS) is 14.9. The maximum Gasteiger partial charge on any atom is 0.226 e. The minimum atomic E-state index is -1.67. The Morgan fingerprint density at radius 3 is 1.97 bits per heavy atom. The van der Waals surface area contributed by atoms with Gasteiger partial charge in [0.25, 0.3) is 0 Å². The number of hydrogen-bond acceptors (Lipinski definition) is 3. The van der Waals surface area contributed by atoms with Crippen LogP contribution in [0.1, 0.15) is 129 Å². The molecular formula is C33H54FNO2. The lowest BCUT2D eigenvalue weighted by molar-refractivity contribution is 0.101. The first-order valence-electron chi connectivity index (χ1n) is 14.1. The Morgan fingerprint density at radius 2 is 1.59 bits per heavy atom. The van der Waals surface area contributed by atoms with Crippen molar-refractivity contribution in [3.8, 4) is 0 Å². The molecule has 4 heteroatoms. The van der Waals surface area contributed by atoms with Crippen molar-refractivity contribution in [2.45, 2.75) is 118 Å². The number of alkyl halides is 1. The van der Waals surface area contributed by atoms with E-state index in [1.165, 1.54) is 97.7 Å². The minimum Gasteiger partial charge on any atom is -0.482 e. The van der Waals surface area contributed by atoms with Crippen LogP contribution in [0.4, 0.5) is 4.39 Å². The van der Waals surface area contributed by atoms with Crippen molar-refractivity contribution in [3.05, 3.63) is 54.1 Å². The van der Waals surface area contributed by atoms with E-state index in [0.29, 0.717) is 16.8 Å². The molecule has 37 heavy (non-hydrogen) atoms. The number of ether oxygens (including phenoxy) is 1. The fraction of sp³-hybridized carbons (Fsp3) is 0.636. The van der Waals surface area contributed by atoms with Gasteiger partial charge in [-0.25, -0.2) is 9.38 Å². The summed E-state index contributed by atoms with van der Waals surface area (Å²) >= 11 is 0. The molecule has 1 aromatic carbocycles. The molecule has 1 aliphatic rings. The Bertz CT molecular complexity index is 827. The van der Waals surface area contributed by atoms with E-state index in [2.05, 4.69) is 45.8 Å². The highest BCUT2D eigenvalue weighted by Gasteiger charge is 2.25. The lowest BCUT2D eigenvalue weighted by Gasteiger charge is -2.21. The third kappa shape index (κ3) is 15.6. The van der Waals surface area contributed by atoms with E-state index in [1.807, 2.05) is 0 Å². The third-order valence-electron chi connectivity index (χ3n) is 6.86. The number of hydrogen-bond donors (Lipinski definition) is 0. The molecule has 1 atom stereocenters. The molecule has 0 aliphatic heterocycles. The van der Waals surface area contributed by atoms with Crippen molar-refractivity contribution in [3.63, 3.8) is 0 Å². The lowest BCUT2D eigenvalue weighted by atomic mass is 9.85. The molecule has 0 aromatic heterocycles. The largest absolute Gasteiger partial charge is 0.482 e. The van der Waals surface area contributed by atoms with Gasteiger partial charge in [0.15, 0.2) is 11.5 Å². The number of carbonyl (C=O) groups excluding carboxylic acids is 1. The summed E-state index contributed by atoms with van der Waals surface area (Å²) in [5.74, 6) is 1.77. The van der Waals surface area contributed by atoms with Gasteiger partial charge >= 0.3 is 0 Å². The molecule has 0 spiro atoms. The van der Waals surface area contributed by atoms with Crippen molar-refractivity contribution in [2.75, 3.05) is 7.11 Å². The van der Waals surface area contributed by atoms with Gasteiger partial charge in [0.2, 0.25) is 5.90 Å². The van der Waals surface area contributed by atoms with E-state index in [0.717, 1.165) is 11.8 Å². The highest BCUT2D eigenvalue weighted by molar-refractivity contribution is 5.94. The van der Waals surface area contributed by atoms with Crippen LogP contribution in [0.3, 0.4) is 0 Å². The van der Waals surface area contributed by atoms with Gasteiger partial charge in [0.1, 0.15) is 0 Å². The Hall–Kier alpha value is -2.23. The topological polar surface area (TPSA) is 38.7 Å². The monoisotopic (exact) mass is 515 g/mol. The van der Waals surface area contributed by atoms with E-state index in [-0.39, 0.29) is 11.7 Å². The Balaban J connectivity index is 0.000000599. The molecule has 1 fully saturated rings. The maximum absolute atomic E-state index is 13.8. The van der Waals surface area contributed by atoms with E-state index in [9.17, 15) is 9.18 Å². The van der Waals surface area contributed by atoms with Crippen molar-refractivity contribution >= 4 is 17.4 Å². The summed E-state index contributed by atoms with van der Waals surface area (Å²) in [4.78, 5) is 15.2. The number of halogens is 1. The van der Waals surface area contributed by atoms with Gasteiger partial charge in [-0.05, 0) is 57.9 Å². The summed E-state index contributed by atoms with van der Waals surface area (Å²) < 4.78 is 18.7. The molecule has 1 saturated carbocycles. The lowest BCUT2D eigenvalue weighted by Crippen LogP contribution is -2.27. The van der Waals surface area contributed by atoms with Gasteiger partial charge in [0.05, 0.1) is 12.8 Å². The Labute approximate surface area is 227 Å². The van der Waals surface area contributed by atoms with Gasteiger partial charge in [-0.2, -0.15) is 0 Å². The van der Waals surface area contributed by atoms with Crippen LogP contribution < -0.4 is 0 Å². The second kappa shape index (κ2) is 18.9. The van der Waals surface area contributed by atoms with E-state index in [1.54, 1.807) is 24.3 Å². The van der Waals surface area contributed by atoms with Crippen LogP contribution in [0.2, 0.25) is 0 Å². The number of carbonyl (C=O) groups is 1. The van der Waals surface area contributed by atoms with Crippen molar-refractivity contribution < 1.29 is 13.9 Å². The van der Waals surface area contributed by atoms with Crippen LogP contribution in [0, 0.1) is 11.8 Å². The molecular weight excluding hydrogens is 461 g/mol. The van der Waals surface area contributed by atoms with Crippen molar-refractivity contribution in [2.24, 2.45) is 16.8 Å². The quantitative estimate of drug-likeness (QED) is 0.102. The standard InChI is InChI=1S/C15H18FNO2.C9H16.C9H20/c1-10(17-14(19-5)15(3,4)16)12-6-8-13(9-7-12)11(2)18;1-8(2)9-6-4-3-5-7-9;1-4-6-7-8-9(3)5-2/h6-9H,1H2,2-5H3;9H,1,3-7H2,2H3;9H,4-8H2,1-3H3. The van der Waals surface area contributed by atoms with Crippen LogP contribution in [0.15, 0.2) is 48.0 Å². The number of allylic oxidation sites excluding steroid dienone is 1. The fourth-order valence-corrected chi connectivity index (χ4v) is 4.05. The number of methoxy groups -OCH3 is 1. The molecule has 1 aromatic rings. The molecule has 0 heterocycles. The number of rotatable bonds is 10. The highest BCUT2D eigenvalue weighted by atomic mass is 19.1. The molecule has 210 valence electrons. The number of ketones is 1. The van der Waals surface area contributed by atoms with Gasteiger partial charge in [-0.15, -0.1) is 0 Å². The van der Waals surface area contributed by atoms with Crippen LogP contribution in [0.25, 0.3) is 5.70 Å². The van der Waals surface area contributed by atoms with Gasteiger partial charge < -0.3 is 4.74 Å². The SMILES string of the molecule is C=C(C)C1CCCCC1.C=C(N=C(OC)C(C)(C)F)c1ccc(C(C)=O)cc1.CCCCCC(C)CC. The zero-order valence-electron chi connectivity index (χ0n) is 25.1. The van der Waals surface area contributed by atoms with Crippen LogP contribution in [-0.2, 0) is 4.74 Å². The van der Waals surface area contributed by atoms with Crippen LogP contribution in [0.5, 0.6) is 0 Å². The van der Waals surface area contributed by atoms with E-state index in [4.69, 9.17) is 4.74 Å². The molecule has 2 rings (SSSR count). The first-order chi connectivity index (χ1) is 17.4. The predicted octanol–water partition coefficient (Wildman–Crippen LogP) is 10.4. The number of benzene rings is 1. The van der Waals surface area contributed by atoms with Crippen molar-refractivity contribution in [1.29, 1.82) is 0 Å². The minimum absolute atomic E-state index is 0.0110. The molecule has 3 nitrogen and oxygen atoms in total. The molecule has 0 saturated heterocycles. The number of nitrogens with zero attached hydrogens (tertiary/aromatic N) is 1. The first kappa shape index (κ1) is 34.8. The average Bonchev–Trinajstić information content (AvgIpc) is 2.87. The van der Waals surface area contributed by atoms with Crippen molar-refractivity contribution in [1.82, 2.24) is 0 Å². The summed E-state index contributed by atoms with van der Waals surface area (Å²) in [6.07, 6.45) is 14.1. The first-order valence-corrected chi connectivity index (χ1v) is 14.1. The fourth-order valence-electron chi connectivity index (χ4n) is 4.05. The molecule has 1 aliphatic carbocycles. The summed E-state index contributed by atoms with van der Waals surface area (Å²) in [6, 6.07) is 6.82. The Morgan fingerprint density at radius 1 is 1.05 bits per heavy atom. The number of aliphatic imine (C=N–C) groups is 1. The third-order valence-corrected chi connectivity index (χ3v) is 6.86. The molecule has 0 N–H and O–H groups in total. The zero-order valence-corrected chi connectivity index (χ0v) is 25.1. The Kier molecular flexibility index (Phi) is 17.8. The summed E-state index contributed by atoms with van der Waals surface area (Å²) in [5.41, 5.74) is 1.44. The molecule has 0 radical (unpaired) electrons. The van der Waals surface area contributed by atoms with Gasteiger partial charge in [0, 0.05) is 5.56 Å². The average molecular weight is 516 g/mol. The second-order valence-electron chi connectivity index (χ2n) is 10.9. The molecule has 0 amide bonds. The zero-order chi connectivity index (χ0) is 28.4. The second-order valence-corrected chi connectivity index (χ2v) is 10.9. The van der Waals surface area contributed by atoms with Gasteiger partial charge in [-0.1, -0.05) is 115 Å². The van der Waals surface area contributed by atoms with E-state index >= 15 is 0 Å². The van der Waals surface area contributed by atoms with Crippen LogP contribution >= 0.6 is 0 Å². The number of unbranched alkanes of at least 4 members (excludes halogenated alkanes) is 2. The molecule has 0 bridgehead atoms. The molecule has 1 unspecified atom stereocenters.